The second-order valence-corrected chi connectivity index (χ2v) is 1.29. The lowest BCUT2D eigenvalue weighted by Crippen LogP contribution is -2.19. The van der Waals surface area contributed by atoms with Crippen LogP contribution in [0.4, 0.5) is 4.39 Å². The highest BCUT2D eigenvalue weighted by molar-refractivity contribution is 4.51. The third-order valence-electron chi connectivity index (χ3n) is 0.603. The molecule has 2 N–H and O–H groups in total. The van der Waals surface area contributed by atoms with Gasteiger partial charge < -0.3 is 10.5 Å². The van der Waals surface area contributed by atoms with E-state index in [4.69, 9.17) is 5.73 Å². The molecule has 0 radical (unpaired) electrons. The summed E-state index contributed by atoms with van der Waals surface area (Å²) >= 11 is 0. The van der Waals surface area contributed by atoms with Crippen LogP contribution in [0.1, 0.15) is 0 Å². The summed E-state index contributed by atoms with van der Waals surface area (Å²) in [5, 5.41) is 0. The van der Waals surface area contributed by atoms with Crippen LogP contribution in [0, 0.1) is 0 Å². The Kier molecular flexibility index (Phi) is 3.93. The molecule has 0 aromatic carbocycles. The molecule has 44 valence electrons. The molecular weight excluding hydrogens is 97.0 g/mol. The highest BCUT2D eigenvalue weighted by Gasteiger charge is 1.98. The molecule has 0 aliphatic rings. The summed E-state index contributed by atoms with van der Waals surface area (Å²) in [6, 6.07) is 0. The van der Waals surface area contributed by atoms with Gasteiger partial charge in [-0.1, -0.05) is 0 Å². The Labute approximate surface area is 42.5 Å². The molecule has 0 heterocycles. The average molecular weight is 107 g/mol. The van der Waals surface area contributed by atoms with Gasteiger partial charge in [0, 0.05) is 13.7 Å². The lowest BCUT2D eigenvalue weighted by Gasteiger charge is -1.99. The van der Waals surface area contributed by atoms with E-state index < -0.39 is 6.17 Å². The second kappa shape index (κ2) is 4.02. The van der Waals surface area contributed by atoms with Crippen molar-refractivity contribution in [1.82, 2.24) is 0 Å². The van der Waals surface area contributed by atoms with E-state index in [-0.39, 0.29) is 13.2 Å². The maximum Gasteiger partial charge on any atom is 0.135 e. The van der Waals surface area contributed by atoms with E-state index in [2.05, 4.69) is 4.74 Å². The van der Waals surface area contributed by atoms with Crippen molar-refractivity contribution in [2.75, 3.05) is 20.3 Å². The Bertz CT molecular complexity index is 42.7. The monoisotopic (exact) mass is 107 g/mol. The zero-order valence-corrected chi connectivity index (χ0v) is 4.36. The molecule has 0 bridgehead atoms. The van der Waals surface area contributed by atoms with Gasteiger partial charge in [-0.15, -0.1) is 0 Å². The van der Waals surface area contributed by atoms with E-state index >= 15 is 0 Å². The fourth-order valence-electron chi connectivity index (χ4n) is 0.249. The number of alkyl halides is 1. The first-order valence-corrected chi connectivity index (χ1v) is 2.14. The summed E-state index contributed by atoms with van der Waals surface area (Å²) in [6.07, 6.45) is -0.995. The Balaban J connectivity index is 2.83. The summed E-state index contributed by atoms with van der Waals surface area (Å²) in [6.45, 7) is 0.157. The summed E-state index contributed by atoms with van der Waals surface area (Å²) < 4.78 is 16.3. The van der Waals surface area contributed by atoms with E-state index in [0.717, 1.165) is 0 Å². The summed E-state index contributed by atoms with van der Waals surface area (Å²) in [4.78, 5) is 0. The SMILES string of the molecule is COCC(F)CN. The fraction of sp³-hybridized carbons (Fsp3) is 1.00. The minimum absolute atomic E-state index is 0.0494. The number of hydrogen-bond acceptors (Lipinski definition) is 2. The van der Waals surface area contributed by atoms with Gasteiger partial charge >= 0.3 is 0 Å². The highest BCUT2D eigenvalue weighted by Crippen LogP contribution is 1.84. The van der Waals surface area contributed by atoms with Crippen LogP contribution in [0.3, 0.4) is 0 Å². The Morgan fingerprint density at radius 2 is 2.43 bits per heavy atom. The van der Waals surface area contributed by atoms with Crippen LogP contribution in [-0.4, -0.2) is 26.4 Å². The molecule has 1 unspecified atom stereocenters. The van der Waals surface area contributed by atoms with Crippen LogP contribution in [0.5, 0.6) is 0 Å². The van der Waals surface area contributed by atoms with Crippen molar-refractivity contribution in [1.29, 1.82) is 0 Å². The van der Waals surface area contributed by atoms with Crippen LogP contribution in [0.15, 0.2) is 0 Å². The van der Waals surface area contributed by atoms with Gasteiger partial charge in [0.1, 0.15) is 6.17 Å². The molecule has 3 heteroatoms. The molecule has 0 aromatic rings. The molecule has 0 amide bonds. The number of ether oxygens (including phenoxy) is 1. The van der Waals surface area contributed by atoms with Crippen LogP contribution in [-0.2, 0) is 4.74 Å². The first-order chi connectivity index (χ1) is 3.31. The zero-order valence-electron chi connectivity index (χ0n) is 4.36. The third kappa shape index (κ3) is 3.69. The summed E-state index contributed by atoms with van der Waals surface area (Å²) in [7, 11) is 1.45. The maximum absolute atomic E-state index is 11.9. The number of methoxy groups -OCH3 is 1. The van der Waals surface area contributed by atoms with Gasteiger partial charge in [0.05, 0.1) is 6.61 Å². The van der Waals surface area contributed by atoms with Crippen molar-refractivity contribution in [2.45, 2.75) is 6.17 Å². The molecule has 0 aromatic heterocycles. The van der Waals surface area contributed by atoms with Crippen LogP contribution >= 0.6 is 0 Å². The molecule has 7 heavy (non-hydrogen) atoms. The van der Waals surface area contributed by atoms with Gasteiger partial charge in [-0.2, -0.15) is 0 Å². The smallest absolute Gasteiger partial charge is 0.135 e. The molecular formula is C4H10FNO. The van der Waals surface area contributed by atoms with Gasteiger partial charge in [0.15, 0.2) is 0 Å². The quantitative estimate of drug-likeness (QED) is 0.548. The van der Waals surface area contributed by atoms with E-state index in [9.17, 15) is 4.39 Å². The van der Waals surface area contributed by atoms with E-state index in [1.807, 2.05) is 0 Å². The molecule has 0 aliphatic carbocycles. The van der Waals surface area contributed by atoms with E-state index in [0.29, 0.717) is 0 Å². The number of hydrogen-bond donors (Lipinski definition) is 1. The van der Waals surface area contributed by atoms with Gasteiger partial charge in [0.2, 0.25) is 0 Å². The average Bonchev–Trinajstić information content (AvgIpc) is 1.68. The standard InChI is InChI=1S/C4H10FNO/c1-7-3-4(5)2-6/h4H,2-3,6H2,1H3. The molecule has 1 atom stereocenters. The molecule has 2 nitrogen and oxygen atoms in total. The lowest BCUT2D eigenvalue weighted by atomic mass is 10.4. The predicted octanol–water partition coefficient (Wildman–Crippen LogP) is -0.0704. The van der Waals surface area contributed by atoms with Gasteiger partial charge in [-0.05, 0) is 0 Å². The molecule has 0 saturated heterocycles. The van der Waals surface area contributed by atoms with Gasteiger partial charge in [-0.25, -0.2) is 4.39 Å². The fourth-order valence-corrected chi connectivity index (χ4v) is 0.249. The molecule has 0 aliphatic heterocycles. The topological polar surface area (TPSA) is 35.2 Å². The highest BCUT2D eigenvalue weighted by atomic mass is 19.1. The third-order valence-corrected chi connectivity index (χ3v) is 0.603. The lowest BCUT2D eigenvalue weighted by molar-refractivity contribution is 0.128. The predicted molar refractivity (Wildman–Crippen MR) is 25.8 cm³/mol. The Hall–Kier alpha value is -0.150. The Morgan fingerprint density at radius 3 is 2.57 bits per heavy atom. The van der Waals surface area contributed by atoms with Crippen molar-refractivity contribution in [3.05, 3.63) is 0 Å². The van der Waals surface area contributed by atoms with Crippen molar-refractivity contribution in [3.8, 4) is 0 Å². The van der Waals surface area contributed by atoms with Crippen LogP contribution < -0.4 is 5.73 Å². The van der Waals surface area contributed by atoms with Crippen molar-refractivity contribution >= 4 is 0 Å². The normalized spacial score (nSPS) is 14.1. The van der Waals surface area contributed by atoms with E-state index in [1.54, 1.807) is 0 Å². The molecule has 0 rings (SSSR count). The first kappa shape index (κ1) is 6.85. The summed E-state index contributed by atoms with van der Waals surface area (Å²) in [5.74, 6) is 0. The summed E-state index contributed by atoms with van der Waals surface area (Å²) in [5.41, 5.74) is 4.90. The second-order valence-electron chi connectivity index (χ2n) is 1.29. The molecule has 0 fully saturated rings. The first-order valence-electron chi connectivity index (χ1n) is 2.14. The van der Waals surface area contributed by atoms with E-state index in [1.165, 1.54) is 7.11 Å². The Morgan fingerprint density at radius 1 is 1.86 bits per heavy atom. The van der Waals surface area contributed by atoms with Crippen molar-refractivity contribution in [2.24, 2.45) is 5.73 Å². The minimum atomic E-state index is -0.995. The number of nitrogens with two attached hydrogens (primary N) is 1. The zero-order chi connectivity index (χ0) is 5.70. The van der Waals surface area contributed by atoms with Gasteiger partial charge in [0.25, 0.3) is 0 Å². The number of halogens is 1. The molecule has 0 saturated carbocycles. The van der Waals surface area contributed by atoms with Crippen molar-refractivity contribution < 1.29 is 9.13 Å². The number of rotatable bonds is 3. The van der Waals surface area contributed by atoms with Crippen LogP contribution in [0.2, 0.25) is 0 Å². The van der Waals surface area contributed by atoms with Gasteiger partial charge in [-0.3, -0.25) is 0 Å². The largest absolute Gasteiger partial charge is 0.382 e. The maximum atomic E-state index is 11.9. The molecule has 0 spiro atoms. The minimum Gasteiger partial charge on any atom is -0.382 e. The van der Waals surface area contributed by atoms with Crippen LogP contribution in [0.25, 0.3) is 0 Å². The van der Waals surface area contributed by atoms with Crippen molar-refractivity contribution in [3.63, 3.8) is 0 Å².